The molecule has 7 heteroatoms. The number of H-pyrrole nitrogens is 1. The van der Waals surface area contributed by atoms with Crippen molar-refractivity contribution in [1.29, 1.82) is 0 Å². The van der Waals surface area contributed by atoms with E-state index >= 15 is 0 Å². The first-order chi connectivity index (χ1) is 7.49. The Balaban J connectivity index is 2.77. The third kappa shape index (κ3) is 3.51. The number of hydrogen-bond donors (Lipinski definition) is 3. The Hall–Kier alpha value is -0.500. The van der Waals surface area contributed by atoms with Crippen LogP contribution in [0.15, 0.2) is 17.2 Å². The molecule has 0 amide bonds. The molecule has 1 unspecified atom stereocenters. The summed E-state index contributed by atoms with van der Waals surface area (Å²) in [6, 6.07) is 1.46. The van der Waals surface area contributed by atoms with E-state index in [-0.39, 0.29) is 10.9 Å². The molecule has 1 rings (SSSR count). The molecule has 1 aromatic heterocycles. The Bertz CT molecular complexity index is 428. The van der Waals surface area contributed by atoms with Gasteiger partial charge in [-0.1, -0.05) is 0 Å². The highest BCUT2D eigenvalue weighted by molar-refractivity contribution is 7.98. The van der Waals surface area contributed by atoms with Gasteiger partial charge in [0.15, 0.2) is 0 Å². The third-order valence-electron chi connectivity index (χ3n) is 2.02. The van der Waals surface area contributed by atoms with Gasteiger partial charge in [0.05, 0.1) is 4.90 Å². The number of nitrogens with one attached hydrogen (secondary N) is 2. The second-order valence-electron chi connectivity index (χ2n) is 3.54. The van der Waals surface area contributed by atoms with Crippen LogP contribution in [0.1, 0.15) is 12.6 Å². The van der Waals surface area contributed by atoms with Gasteiger partial charge in [0.1, 0.15) is 0 Å². The molecule has 92 valence electrons. The van der Waals surface area contributed by atoms with Crippen LogP contribution in [0.3, 0.4) is 0 Å². The molecule has 0 aliphatic heterocycles. The van der Waals surface area contributed by atoms with Gasteiger partial charge in [-0.05, 0) is 19.2 Å². The van der Waals surface area contributed by atoms with Gasteiger partial charge in [0.2, 0.25) is 10.0 Å². The van der Waals surface area contributed by atoms with Crippen molar-refractivity contribution in [1.82, 2.24) is 9.71 Å². The fraction of sp³-hybridized carbons (Fsp3) is 0.556. The van der Waals surface area contributed by atoms with Crippen LogP contribution >= 0.6 is 11.8 Å². The van der Waals surface area contributed by atoms with E-state index < -0.39 is 10.0 Å². The normalized spacial score (nSPS) is 13.9. The SMILES string of the molecule is CSCC(C)NS(=O)(=O)c1c[nH]c(CN)c1. The summed E-state index contributed by atoms with van der Waals surface area (Å²) in [5, 5.41) is 0. The molecular formula is C9H17N3O2S2. The minimum Gasteiger partial charge on any atom is -0.363 e. The standard InChI is InChI=1S/C9H17N3O2S2/c1-7(6-15-2)12-16(13,14)9-3-8(4-10)11-5-9/h3,5,7,11-12H,4,6,10H2,1-2H3. The van der Waals surface area contributed by atoms with Crippen LogP contribution < -0.4 is 10.5 Å². The predicted molar refractivity (Wildman–Crippen MR) is 66.8 cm³/mol. The van der Waals surface area contributed by atoms with Crippen molar-refractivity contribution in [3.63, 3.8) is 0 Å². The van der Waals surface area contributed by atoms with Crippen molar-refractivity contribution < 1.29 is 8.42 Å². The van der Waals surface area contributed by atoms with Crippen LogP contribution in [0.5, 0.6) is 0 Å². The van der Waals surface area contributed by atoms with E-state index in [4.69, 9.17) is 5.73 Å². The summed E-state index contributed by atoms with van der Waals surface area (Å²) in [6.07, 6.45) is 3.39. The molecule has 0 saturated carbocycles. The molecule has 0 aliphatic carbocycles. The molecule has 0 saturated heterocycles. The minimum atomic E-state index is -3.42. The predicted octanol–water partition coefficient (Wildman–Crippen LogP) is 0.503. The summed E-state index contributed by atoms with van der Waals surface area (Å²) < 4.78 is 26.3. The van der Waals surface area contributed by atoms with Crippen molar-refractivity contribution in [3.05, 3.63) is 18.0 Å². The number of thioether (sulfide) groups is 1. The van der Waals surface area contributed by atoms with E-state index in [1.807, 2.05) is 13.2 Å². The molecule has 1 aromatic rings. The summed E-state index contributed by atoms with van der Waals surface area (Å²) in [5.74, 6) is 0.743. The Kier molecular flexibility index (Phi) is 4.85. The first-order valence-electron chi connectivity index (χ1n) is 4.88. The zero-order valence-corrected chi connectivity index (χ0v) is 11.0. The van der Waals surface area contributed by atoms with Gasteiger partial charge in [-0.3, -0.25) is 0 Å². The molecular weight excluding hydrogens is 246 g/mol. The van der Waals surface area contributed by atoms with Gasteiger partial charge in [-0.15, -0.1) is 0 Å². The lowest BCUT2D eigenvalue weighted by atomic mass is 10.4. The molecule has 0 fully saturated rings. The summed E-state index contributed by atoms with van der Waals surface area (Å²) >= 11 is 1.60. The lowest BCUT2D eigenvalue weighted by molar-refractivity contribution is 0.571. The highest BCUT2D eigenvalue weighted by atomic mass is 32.2. The summed E-state index contributed by atoms with van der Waals surface area (Å²) in [6.45, 7) is 2.14. The van der Waals surface area contributed by atoms with Crippen LogP contribution in [0, 0.1) is 0 Å². The van der Waals surface area contributed by atoms with Gasteiger partial charge in [-0.25, -0.2) is 13.1 Å². The molecule has 0 radical (unpaired) electrons. The maximum absolute atomic E-state index is 11.9. The first kappa shape index (κ1) is 13.6. The quantitative estimate of drug-likeness (QED) is 0.697. The van der Waals surface area contributed by atoms with Crippen LogP contribution in [0.2, 0.25) is 0 Å². The van der Waals surface area contributed by atoms with Gasteiger partial charge in [0, 0.05) is 30.2 Å². The molecule has 0 aromatic carbocycles. The smallest absolute Gasteiger partial charge is 0.242 e. The van der Waals surface area contributed by atoms with Crippen molar-refractivity contribution in [2.45, 2.75) is 24.4 Å². The Labute approximate surface area is 100 Å². The second kappa shape index (κ2) is 5.72. The number of aromatic amines is 1. The van der Waals surface area contributed by atoms with Crippen LogP contribution in [-0.2, 0) is 16.6 Å². The fourth-order valence-electron chi connectivity index (χ4n) is 1.31. The molecule has 0 aliphatic rings. The zero-order chi connectivity index (χ0) is 12.2. The van der Waals surface area contributed by atoms with Gasteiger partial charge in [0.25, 0.3) is 0 Å². The molecule has 0 spiro atoms. The highest BCUT2D eigenvalue weighted by Crippen LogP contribution is 2.11. The maximum atomic E-state index is 11.9. The molecule has 16 heavy (non-hydrogen) atoms. The zero-order valence-electron chi connectivity index (χ0n) is 9.36. The number of aromatic nitrogens is 1. The molecule has 4 N–H and O–H groups in total. The number of sulfonamides is 1. The third-order valence-corrected chi connectivity index (χ3v) is 4.42. The molecule has 1 heterocycles. The average molecular weight is 263 g/mol. The van der Waals surface area contributed by atoms with Crippen molar-refractivity contribution in [3.8, 4) is 0 Å². The van der Waals surface area contributed by atoms with Crippen molar-refractivity contribution in [2.75, 3.05) is 12.0 Å². The largest absolute Gasteiger partial charge is 0.363 e. The lowest BCUT2D eigenvalue weighted by Crippen LogP contribution is -2.34. The van der Waals surface area contributed by atoms with Crippen LogP contribution in [0.25, 0.3) is 0 Å². The summed E-state index contributed by atoms with van der Waals surface area (Å²) in [4.78, 5) is 3.05. The molecule has 0 bridgehead atoms. The Morgan fingerprint density at radius 3 is 2.81 bits per heavy atom. The van der Waals surface area contributed by atoms with E-state index in [1.165, 1.54) is 6.20 Å². The van der Waals surface area contributed by atoms with Gasteiger partial charge >= 0.3 is 0 Å². The Morgan fingerprint density at radius 1 is 1.62 bits per heavy atom. The van der Waals surface area contributed by atoms with E-state index in [1.54, 1.807) is 17.8 Å². The van der Waals surface area contributed by atoms with E-state index in [0.29, 0.717) is 12.2 Å². The lowest BCUT2D eigenvalue weighted by Gasteiger charge is -2.11. The van der Waals surface area contributed by atoms with Crippen LogP contribution in [0.4, 0.5) is 0 Å². The topological polar surface area (TPSA) is 88.0 Å². The average Bonchev–Trinajstić information content (AvgIpc) is 2.65. The summed E-state index contributed by atoms with van der Waals surface area (Å²) in [7, 11) is -3.42. The van der Waals surface area contributed by atoms with E-state index in [2.05, 4.69) is 9.71 Å². The minimum absolute atomic E-state index is 0.0868. The van der Waals surface area contributed by atoms with Crippen molar-refractivity contribution >= 4 is 21.8 Å². The van der Waals surface area contributed by atoms with Gasteiger partial charge in [-0.2, -0.15) is 11.8 Å². The van der Waals surface area contributed by atoms with E-state index in [9.17, 15) is 8.42 Å². The maximum Gasteiger partial charge on any atom is 0.242 e. The fourth-order valence-corrected chi connectivity index (χ4v) is 3.26. The number of nitrogens with two attached hydrogens (primary N) is 1. The van der Waals surface area contributed by atoms with Crippen LogP contribution in [-0.4, -0.2) is 31.5 Å². The molecule has 5 nitrogen and oxygen atoms in total. The van der Waals surface area contributed by atoms with Gasteiger partial charge < -0.3 is 10.7 Å². The Morgan fingerprint density at radius 2 is 2.31 bits per heavy atom. The highest BCUT2D eigenvalue weighted by Gasteiger charge is 2.18. The second-order valence-corrected chi connectivity index (χ2v) is 6.17. The van der Waals surface area contributed by atoms with Crippen molar-refractivity contribution in [2.24, 2.45) is 5.73 Å². The number of rotatable bonds is 6. The monoisotopic (exact) mass is 263 g/mol. The molecule has 1 atom stereocenters. The van der Waals surface area contributed by atoms with E-state index in [0.717, 1.165) is 5.75 Å². The number of hydrogen-bond acceptors (Lipinski definition) is 4. The first-order valence-corrected chi connectivity index (χ1v) is 7.76. The summed E-state index contributed by atoms with van der Waals surface area (Å²) in [5.41, 5.74) is 6.11.